The van der Waals surface area contributed by atoms with Gasteiger partial charge in [0, 0.05) is 19.5 Å². The third-order valence-electron chi connectivity index (χ3n) is 4.60. The van der Waals surface area contributed by atoms with Crippen molar-refractivity contribution in [2.24, 2.45) is 0 Å². The number of hydrogen-bond acceptors (Lipinski definition) is 7. The third kappa shape index (κ3) is 4.54. The van der Waals surface area contributed by atoms with E-state index in [4.69, 9.17) is 8.94 Å². The van der Waals surface area contributed by atoms with Gasteiger partial charge in [-0.05, 0) is 46.8 Å². The first kappa shape index (κ1) is 20.7. The van der Waals surface area contributed by atoms with Crippen LogP contribution < -0.4 is 0 Å². The number of aliphatic hydroxyl groups is 1. The summed E-state index contributed by atoms with van der Waals surface area (Å²) in [7, 11) is 0. The number of carbonyl (C=O) groups excluding carboxylic acids is 1. The van der Waals surface area contributed by atoms with E-state index in [0.29, 0.717) is 59.7 Å². The average molecular weight is 398 g/mol. The van der Waals surface area contributed by atoms with Crippen LogP contribution in [0.25, 0.3) is 11.5 Å². The Kier molecular flexibility index (Phi) is 5.83. The standard InChI is InChI=1S/C21H26N4O4/c1-6-25(12-11-17-23-18(13(2)28-17)21(4,5)27)20(26)16-10-8-7-9-15(16)19-22-14(3)24-29-19/h7-10,27H,6,11-12H2,1-5H3. The van der Waals surface area contributed by atoms with Crippen molar-refractivity contribution in [1.29, 1.82) is 0 Å². The largest absolute Gasteiger partial charge is 0.446 e. The van der Waals surface area contributed by atoms with Gasteiger partial charge in [-0.15, -0.1) is 0 Å². The second kappa shape index (κ2) is 8.16. The Labute approximate surface area is 169 Å². The number of carbonyl (C=O) groups is 1. The van der Waals surface area contributed by atoms with Gasteiger partial charge in [0.15, 0.2) is 11.7 Å². The molecule has 8 heteroatoms. The minimum Gasteiger partial charge on any atom is -0.446 e. The van der Waals surface area contributed by atoms with Crippen molar-refractivity contribution in [2.45, 2.75) is 46.6 Å². The first-order chi connectivity index (χ1) is 13.7. The van der Waals surface area contributed by atoms with Crippen LogP contribution in [0.3, 0.4) is 0 Å². The lowest BCUT2D eigenvalue weighted by Gasteiger charge is -2.21. The number of nitrogens with zero attached hydrogens (tertiary/aromatic N) is 4. The summed E-state index contributed by atoms with van der Waals surface area (Å²) in [6.45, 7) is 9.71. The molecule has 29 heavy (non-hydrogen) atoms. The Hall–Kier alpha value is -3.00. The second-order valence-corrected chi connectivity index (χ2v) is 7.40. The number of likely N-dealkylation sites (N-methyl/N-ethyl adjacent to an activating group) is 1. The molecule has 2 aromatic heterocycles. The number of hydrogen-bond donors (Lipinski definition) is 1. The molecule has 0 fully saturated rings. The van der Waals surface area contributed by atoms with Gasteiger partial charge in [-0.25, -0.2) is 4.98 Å². The van der Waals surface area contributed by atoms with E-state index in [1.165, 1.54) is 0 Å². The number of rotatable bonds is 7. The third-order valence-corrected chi connectivity index (χ3v) is 4.60. The molecule has 2 heterocycles. The van der Waals surface area contributed by atoms with Crippen LogP contribution in [0, 0.1) is 13.8 Å². The minimum absolute atomic E-state index is 0.134. The van der Waals surface area contributed by atoms with Crippen molar-refractivity contribution in [3.63, 3.8) is 0 Å². The maximum absolute atomic E-state index is 13.2. The Morgan fingerprint density at radius 1 is 1.21 bits per heavy atom. The highest BCUT2D eigenvalue weighted by atomic mass is 16.5. The summed E-state index contributed by atoms with van der Waals surface area (Å²) in [4.78, 5) is 23.5. The summed E-state index contributed by atoms with van der Waals surface area (Å²) in [6.07, 6.45) is 0.443. The fourth-order valence-corrected chi connectivity index (χ4v) is 3.19. The van der Waals surface area contributed by atoms with Crippen LogP contribution in [0.2, 0.25) is 0 Å². The normalized spacial score (nSPS) is 11.7. The van der Waals surface area contributed by atoms with E-state index in [9.17, 15) is 9.90 Å². The van der Waals surface area contributed by atoms with Gasteiger partial charge in [-0.2, -0.15) is 4.98 Å². The van der Waals surface area contributed by atoms with Crippen molar-refractivity contribution < 1.29 is 18.8 Å². The number of oxazole rings is 1. The smallest absolute Gasteiger partial charge is 0.258 e. The van der Waals surface area contributed by atoms with Crippen molar-refractivity contribution in [1.82, 2.24) is 20.0 Å². The van der Waals surface area contributed by atoms with Gasteiger partial charge >= 0.3 is 0 Å². The molecule has 0 aliphatic rings. The number of amides is 1. The molecule has 0 spiro atoms. The average Bonchev–Trinajstić information content (AvgIpc) is 3.27. The summed E-state index contributed by atoms with van der Waals surface area (Å²) >= 11 is 0. The molecule has 154 valence electrons. The van der Waals surface area contributed by atoms with Crippen molar-refractivity contribution in [3.05, 3.63) is 53.0 Å². The van der Waals surface area contributed by atoms with E-state index < -0.39 is 5.60 Å². The van der Waals surface area contributed by atoms with E-state index >= 15 is 0 Å². The summed E-state index contributed by atoms with van der Waals surface area (Å²) in [5.41, 5.74) is 0.540. The molecule has 0 saturated carbocycles. The van der Waals surface area contributed by atoms with Gasteiger partial charge in [0.1, 0.15) is 17.1 Å². The van der Waals surface area contributed by atoms with Crippen molar-refractivity contribution in [2.75, 3.05) is 13.1 Å². The molecule has 0 radical (unpaired) electrons. The molecule has 0 aliphatic carbocycles. The maximum atomic E-state index is 13.2. The molecule has 0 unspecified atom stereocenters. The fraction of sp³-hybridized carbons (Fsp3) is 0.429. The summed E-state index contributed by atoms with van der Waals surface area (Å²) in [5, 5.41) is 14.0. The molecular weight excluding hydrogens is 372 g/mol. The molecule has 1 aromatic carbocycles. The summed E-state index contributed by atoms with van der Waals surface area (Å²) < 4.78 is 10.9. The first-order valence-corrected chi connectivity index (χ1v) is 9.58. The predicted octanol–water partition coefficient (Wildman–Crippen LogP) is 3.27. The van der Waals surface area contributed by atoms with E-state index in [2.05, 4.69) is 15.1 Å². The van der Waals surface area contributed by atoms with E-state index in [-0.39, 0.29) is 5.91 Å². The van der Waals surface area contributed by atoms with Crippen LogP contribution in [-0.4, -0.2) is 44.1 Å². The van der Waals surface area contributed by atoms with Gasteiger partial charge in [0.25, 0.3) is 11.8 Å². The van der Waals surface area contributed by atoms with Gasteiger partial charge in [-0.3, -0.25) is 4.79 Å². The second-order valence-electron chi connectivity index (χ2n) is 7.40. The van der Waals surface area contributed by atoms with Crippen LogP contribution in [-0.2, 0) is 12.0 Å². The maximum Gasteiger partial charge on any atom is 0.258 e. The summed E-state index contributed by atoms with van der Waals surface area (Å²) in [5.74, 6) is 1.77. The molecular formula is C21H26N4O4. The Morgan fingerprint density at radius 2 is 1.93 bits per heavy atom. The predicted molar refractivity (Wildman–Crippen MR) is 106 cm³/mol. The van der Waals surface area contributed by atoms with Crippen LogP contribution in [0.1, 0.15) is 54.3 Å². The number of benzene rings is 1. The Bertz CT molecular complexity index is 1000. The van der Waals surface area contributed by atoms with Crippen LogP contribution in [0.5, 0.6) is 0 Å². The monoisotopic (exact) mass is 398 g/mol. The Balaban J connectivity index is 1.79. The van der Waals surface area contributed by atoms with E-state index in [0.717, 1.165) is 0 Å². The highest BCUT2D eigenvalue weighted by Crippen LogP contribution is 2.25. The Morgan fingerprint density at radius 3 is 2.52 bits per heavy atom. The molecule has 0 atom stereocenters. The fourth-order valence-electron chi connectivity index (χ4n) is 3.19. The zero-order valence-corrected chi connectivity index (χ0v) is 17.4. The molecule has 0 saturated heterocycles. The lowest BCUT2D eigenvalue weighted by atomic mass is 10.0. The van der Waals surface area contributed by atoms with Crippen molar-refractivity contribution in [3.8, 4) is 11.5 Å². The van der Waals surface area contributed by atoms with Gasteiger partial charge in [0.2, 0.25) is 0 Å². The van der Waals surface area contributed by atoms with Crippen LogP contribution >= 0.6 is 0 Å². The molecule has 3 rings (SSSR count). The minimum atomic E-state index is -1.08. The van der Waals surface area contributed by atoms with Crippen LogP contribution in [0.4, 0.5) is 0 Å². The highest BCUT2D eigenvalue weighted by Gasteiger charge is 2.25. The lowest BCUT2D eigenvalue weighted by molar-refractivity contribution is 0.0725. The molecule has 1 N–H and O–H groups in total. The molecule has 1 amide bonds. The first-order valence-electron chi connectivity index (χ1n) is 9.58. The number of aromatic nitrogens is 3. The van der Waals surface area contributed by atoms with Gasteiger partial charge < -0.3 is 18.9 Å². The zero-order valence-electron chi connectivity index (χ0n) is 17.4. The van der Waals surface area contributed by atoms with Gasteiger partial charge in [0.05, 0.1) is 11.1 Å². The zero-order chi connectivity index (χ0) is 21.2. The van der Waals surface area contributed by atoms with Crippen LogP contribution in [0.15, 0.2) is 33.2 Å². The topological polar surface area (TPSA) is 105 Å². The van der Waals surface area contributed by atoms with Crippen molar-refractivity contribution >= 4 is 5.91 Å². The molecule has 8 nitrogen and oxygen atoms in total. The summed E-state index contributed by atoms with van der Waals surface area (Å²) in [6, 6.07) is 7.18. The van der Waals surface area contributed by atoms with E-state index in [1.54, 1.807) is 50.8 Å². The molecule has 0 aliphatic heterocycles. The SMILES string of the molecule is CCN(CCc1nc(C(C)(C)O)c(C)o1)C(=O)c1ccccc1-c1nc(C)no1. The van der Waals surface area contributed by atoms with E-state index in [1.807, 2.05) is 13.0 Å². The number of aryl methyl sites for hydroxylation is 2. The molecule has 3 aromatic rings. The molecule has 0 bridgehead atoms. The highest BCUT2D eigenvalue weighted by molar-refractivity contribution is 5.99. The van der Waals surface area contributed by atoms with Gasteiger partial charge in [-0.1, -0.05) is 17.3 Å². The quantitative estimate of drug-likeness (QED) is 0.651. The lowest BCUT2D eigenvalue weighted by Crippen LogP contribution is -2.33.